The number of halogens is 1. The first-order valence-corrected chi connectivity index (χ1v) is 6.35. The summed E-state index contributed by atoms with van der Waals surface area (Å²) >= 11 is 1.89. The van der Waals surface area contributed by atoms with Crippen molar-refractivity contribution in [1.82, 2.24) is 5.32 Å². The minimum atomic E-state index is -1.03. The summed E-state index contributed by atoms with van der Waals surface area (Å²) in [4.78, 5) is 32.5. The van der Waals surface area contributed by atoms with E-state index in [1.807, 2.05) is 22.6 Å². The molecule has 0 bridgehead atoms. The molecule has 7 nitrogen and oxygen atoms in total. The Bertz CT molecular complexity index is 532. The van der Waals surface area contributed by atoms with Gasteiger partial charge < -0.3 is 10.4 Å². The number of rotatable bonds is 5. The van der Waals surface area contributed by atoms with Crippen LogP contribution in [-0.2, 0) is 4.79 Å². The van der Waals surface area contributed by atoms with Gasteiger partial charge >= 0.3 is 5.97 Å². The molecule has 1 amide bonds. The molecule has 0 aliphatic heterocycles. The summed E-state index contributed by atoms with van der Waals surface area (Å²) in [6, 6.07) is 3.39. The number of nitrogens with zero attached hydrogens (tertiary/aromatic N) is 1. The lowest BCUT2D eigenvalue weighted by Gasteiger charge is -2.12. The zero-order chi connectivity index (χ0) is 14.6. The summed E-state index contributed by atoms with van der Waals surface area (Å²) in [7, 11) is 0. The van der Waals surface area contributed by atoms with Gasteiger partial charge in [-0.2, -0.15) is 0 Å². The Hall–Kier alpha value is -1.71. The number of nitro benzene ring substituents is 1. The van der Waals surface area contributed by atoms with Crippen molar-refractivity contribution in [1.29, 1.82) is 0 Å². The van der Waals surface area contributed by atoms with Crippen LogP contribution in [0.25, 0.3) is 0 Å². The molecule has 0 aromatic heterocycles. The number of nitrogens with one attached hydrogen (secondary N) is 1. The van der Waals surface area contributed by atoms with E-state index in [1.54, 1.807) is 6.92 Å². The van der Waals surface area contributed by atoms with Gasteiger partial charge in [-0.3, -0.25) is 19.7 Å². The number of carboxylic acids is 1. The van der Waals surface area contributed by atoms with Gasteiger partial charge in [-0.25, -0.2) is 0 Å². The molecule has 1 rings (SSSR count). The number of nitro groups is 1. The summed E-state index contributed by atoms with van der Waals surface area (Å²) in [6.07, 6.45) is -0.211. The highest BCUT2D eigenvalue weighted by Gasteiger charge is 2.18. The number of benzene rings is 1. The zero-order valence-corrected chi connectivity index (χ0v) is 12.1. The van der Waals surface area contributed by atoms with E-state index in [4.69, 9.17) is 5.11 Å². The van der Waals surface area contributed by atoms with Gasteiger partial charge in [0.15, 0.2) is 0 Å². The van der Waals surface area contributed by atoms with Crippen LogP contribution < -0.4 is 5.32 Å². The summed E-state index contributed by atoms with van der Waals surface area (Å²) < 4.78 is 0.559. The van der Waals surface area contributed by atoms with E-state index in [0.717, 1.165) is 0 Å². The molecular formula is C11H11IN2O5. The summed E-state index contributed by atoms with van der Waals surface area (Å²) in [6.45, 7) is 1.55. The Morgan fingerprint density at radius 1 is 1.53 bits per heavy atom. The van der Waals surface area contributed by atoms with Gasteiger partial charge in [-0.1, -0.05) is 0 Å². The normalized spacial score (nSPS) is 11.7. The van der Waals surface area contributed by atoms with E-state index >= 15 is 0 Å². The van der Waals surface area contributed by atoms with Gasteiger partial charge in [0.05, 0.1) is 16.9 Å². The topological polar surface area (TPSA) is 110 Å². The van der Waals surface area contributed by atoms with Crippen LogP contribution in [0.2, 0.25) is 0 Å². The maximum absolute atomic E-state index is 11.9. The highest BCUT2D eigenvalue weighted by atomic mass is 127. The quantitative estimate of drug-likeness (QED) is 0.461. The zero-order valence-electron chi connectivity index (χ0n) is 9.92. The van der Waals surface area contributed by atoms with Gasteiger partial charge in [0.2, 0.25) is 0 Å². The summed E-state index contributed by atoms with van der Waals surface area (Å²) in [5.74, 6) is -1.55. The van der Waals surface area contributed by atoms with E-state index in [2.05, 4.69) is 5.32 Å². The lowest BCUT2D eigenvalue weighted by Crippen LogP contribution is -2.34. The first-order chi connectivity index (χ1) is 8.81. The van der Waals surface area contributed by atoms with Crippen LogP contribution in [0.5, 0.6) is 0 Å². The minimum Gasteiger partial charge on any atom is -0.481 e. The average molecular weight is 378 g/mol. The van der Waals surface area contributed by atoms with Crippen LogP contribution in [0.4, 0.5) is 5.69 Å². The van der Waals surface area contributed by atoms with Crippen molar-refractivity contribution < 1.29 is 19.6 Å². The van der Waals surface area contributed by atoms with Crippen LogP contribution in [0.15, 0.2) is 18.2 Å². The number of non-ortho nitro benzene ring substituents is 1. The van der Waals surface area contributed by atoms with Crippen LogP contribution in [0.1, 0.15) is 23.7 Å². The molecule has 1 aromatic carbocycles. The van der Waals surface area contributed by atoms with Crippen LogP contribution in [0.3, 0.4) is 0 Å². The minimum absolute atomic E-state index is 0.159. The number of aliphatic carboxylic acids is 1. The average Bonchev–Trinajstić information content (AvgIpc) is 2.27. The summed E-state index contributed by atoms with van der Waals surface area (Å²) in [5, 5.41) is 21.7. The second kappa shape index (κ2) is 6.45. The summed E-state index contributed by atoms with van der Waals surface area (Å²) in [5.41, 5.74) is -0.0245. The Balaban J connectivity index is 2.90. The third-order valence-electron chi connectivity index (χ3n) is 2.26. The second-order valence-corrected chi connectivity index (χ2v) is 5.06. The van der Waals surface area contributed by atoms with Gasteiger partial charge in [0, 0.05) is 21.7 Å². The molecule has 1 aromatic rings. The van der Waals surface area contributed by atoms with Gasteiger partial charge in [-0.05, 0) is 35.6 Å². The predicted octanol–water partition coefficient (Wildman–Crippen LogP) is 1.79. The van der Waals surface area contributed by atoms with Crippen molar-refractivity contribution in [3.05, 3.63) is 37.4 Å². The second-order valence-electron chi connectivity index (χ2n) is 3.89. The molecule has 19 heavy (non-hydrogen) atoms. The fourth-order valence-corrected chi connectivity index (χ4v) is 2.00. The fourth-order valence-electron chi connectivity index (χ4n) is 1.42. The Kier molecular flexibility index (Phi) is 5.21. The highest BCUT2D eigenvalue weighted by molar-refractivity contribution is 14.1. The number of carboxylic acid groups (broad SMARTS) is 1. The van der Waals surface area contributed by atoms with Gasteiger partial charge in [0.25, 0.3) is 11.6 Å². The Labute approximate surface area is 122 Å². The van der Waals surface area contributed by atoms with Crippen molar-refractivity contribution in [2.45, 2.75) is 19.4 Å². The molecule has 1 atom stereocenters. The standard InChI is InChI=1S/C11H11IN2O5/c1-6(4-10(15)16)13-11(17)8-5-7(14(18)19)2-3-9(8)12/h2-3,5-6H,4H2,1H3,(H,13,17)(H,15,16). The van der Waals surface area contributed by atoms with Crippen LogP contribution in [-0.4, -0.2) is 27.9 Å². The number of hydrogen-bond acceptors (Lipinski definition) is 4. The molecule has 0 radical (unpaired) electrons. The van der Waals surface area contributed by atoms with Crippen LogP contribution >= 0.6 is 22.6 Å². The SMILES string of the molecule is CC(CC(=O)O)NC(=O)c1cc([N+](=O)[O-])ccc1I. The third-order valence-corrected chi connectivity index (χ3v) is 3.20. The first-order valence-electron chi connectivity index (χ1n) is 5.28. The number of carbonyl (C=O) groups is 2. The molecule has 0 fully saturated rings. The molecule has 0 aliphatic rings. The van der Waals surface area contributed by atoms with Crippen LogP contribution in [0, 0.1) is 13.7 Å². The third kappa shape index (κ3) is 4.47. The molecule has 1 unspecified atom stereocenters. The molecule has 8 heteroatoms. The molecule has 102 valence electrons. The van der Waals surface area contributed by atoms with E-state index in [9.17, 15) is 19.7 Å². The van der Waals surface area contributed by atoms with E-state index in [0.29, 0.717) is 3.57 Å². The van der Waals surface area contributed by atoms with E-state index < -0.39 is 22.8 Å². The lowest BCUT2D eigenvalue weighted by molar-refractivity contribution is -0.384. The fraction of sp³-hybridized carbons (Fsp3) is 0.273. The van der Waals surface area contributed by atoms with Gasteiger partial charge in [-0.15, -0.1) is 0 Å². The maximum Gasteiger partial charge on any atom is 0.305 e. The molecular weight excluding hydrogens is 367 g/mol. The highest BCUT2D eigenvalue weighted by Crippen LogP contribution is 2.19. The number of amides is 1. The molecule has 0 saturated heterocycles. The molecule has 0 saturated carbocycles. The van der Waals surface area contributed by atoms with Crippen molar-refractivity contribution >= 4 is 40.2 Å². The molecule has 0 aliphatic carbocycles. The first kappa shape index (κ1) is 15.3. The predicted molar refractivity (Wildman–Crippen MR) is 75.0 cm³/mol. The maximum atomic E-state index is 11.9. The Morgan fingerprint density at radius 2 is 2.16 bits per heavy atom. The van der Waals surface area contributed by atoms with E-state index in [-0.39, 0.29) is 17.7 Å². The van der Waals surface area contributed by atoms with Gasteiger partial charge in [0.1, 0.15) is 0 Å². The lowest BCUT2D eigenvalue weighted by atomic mass is 10.1. The monoisotopic (exact) mass is 378 g/mol. The number of hydrogen-bond donors (Lipinski definition) is 2. The molecule has 0 heterocycles. The molecule has 0 spiro atoms. The van der Waals surface area contributed by atoms with Crippen molar-refractivity contribution in [2.24, 2.45) is 0 Å². The van der Waals surface area contributed by atoms with Crippen molar-refractivity contribution in [3.63, 3.8) is 0 Å². The van der Waals surface area contributed by atoms with E-state index in [1.165, 1.54) is 18.2 Å². The van der Waals surface area contributed by atoms with Crippen molar-refractivity contribution in [3.8, 4) is 0 Å². The Morgan fingerprint density at radius 3 is 2.68 bits per heavy atom. The smallest absolute Gasteiger partial charge is 0.305 e. The largest absolute Gasteiger partial charge is 0.481 e. The number of carbonyl (C=O) groups excluding carboxylic acids is 1. The van der Waals surface area contributed by atoms with Crippen molar-refractivity contribution in [2.75, 3.05) is 0 Å². The molecule has 2 N–H and O–H groups in total.